The number of carbonyl (C=O) groups excluding carboxylic acids is 2. The zero-order valence-corrected chi connectivity index (χ0v) is 24.7. The van der Waals surface area contributed by atoms with Gasteiger partial charge < -0.3 is 19.5 Å². The predicted octanol–water partition coefficient (Wildman–Crippen LogP) is 6.96. The Morgan fingerprint density at radius 3 is 2.38 bits per heavy atom. The fraction of sp³-hybridized carbons (Fsp3) is 0.344. The largest absolute Gasteiger partial charge is 0.497 e. The number of benzene rings is 2. The van der Waals surface area contributed by atoms with Crippen LogP contribution in [-0.4, -0.2) is 37.2 Å². The number of amides is 1. The van der Waals surface area contributed by atoms with Gasteiger partial charge in [0.1, 0.15) is 16.5 Å². The third-order valence-electron chi connectivity index (χ3n) is 6.04. The first kappa shape index (κ1) is 30.6. The van der Waals surface area contributed by atoms with Crippen molar-refractivity contribution in [2.45, 2.75) is 53.0 Å². The Bertz CT molecular complexity index is 1310. The summed E-state index contributed by atoms with van der Waals surface area (Å²) in [5, 5.41) is 5.90. The molecule has 0 saturated heterocycles. The van der Waals surface area contributed by atoms with Gasteiger partial charge >= 0.3 is 5.97 Å². The molecular formula is C32H38N2O5S. The predicted molar refractivity (Wildman–Crippen MR) is 160 cm³/mol. The molecule has 0 aliphatic carbocycles. The summed E-state index contributed by atoms with van der Waals surface area (Å²) in [5.41, 5.74) is 3.75. The summed E-state index contributed by atoms with van der Waals surface area (Å²) < 4.78 is 16.1. The summed E-state index contributed by atoms with van der Waals surface area (Å²) in [6.07, 6.45) is 6.35. The van der Waals surface area contributed by atoms with Gasteiger partial charge in [0, 0.05) is 16.5 Å². The van der Waals surface area contributed by atoms with E-state index in [-0.39, 0.29) is 17.9 Å². The smallest absolute Gasteiger partial charge is 0.333 e. The van der Waals surface area contributed by atoms with Gasteiger partial charge in [-0.05, 0) is 93.3 Å². The van der Waals surface area contributed by atoms with E-state index in [4.69, 9.17) is 19.2 Å². The third-order valence-corrected chi connectivity index (χ3v) is 7.02. The van der Waals surface area contributed by atoms with Crippen LogP contribution in [0.25, 0.3) is 6.08 Å². The van der Waals surface area contributed by atoms with Gasteiger partial charge in [-0.3, -0.25) is 4.79 Å². The van der Waals surface area contributed by atoms with Gasteiger partial charge in [-0.2, -0.15) is 0 Å². The highest BCUT2D eigenvalue weighted by Crippen LogP contribution is 2.26. The van der Waals surface area contributed by atoms with Crippen LogP contribution >= 0.6 is 11.3 Å². The van der Waals surface area contributed by atoms with Crippen molar-refractivity contribution in [1.82, 2.24) is 10.3 Å². The second-order valence-corrected chi connectivity index (χ2v) is 10.2. The summed E-state index contributed by atoms with van der Waals surface area (Å²) in [4.78, 5) is 30.0. The van der Waals surface area contributed by atoms with E-state index in [1.54, 1.807) is 51.3 Å². The van der Waals surface area contributed by atoms with Crippen molar-refractivity contribution in [3.05, 3.63) is 93.0 Å². The number of nitrogens with zero attached hydrogens (tertiary/aromatic N) is 1. The molecule has 3 rings (SSSR count). The van der Waals surface area contributed by atoms with Crippen molar-refractivity contribution < 1.29 is 23.8 Å². The number of esters is 1. The molecule has 0 bridgehead atoms. The SMILES string of the molecule is CCCCOc1ccc(C[C@H](NC(=O)c2ccc(OC)cc2)c2nc(/C=C(C)/C=C(/C)C(=O)OCC)cs2)cc1. The van der Waals surface area contributed by atoms with E-state index >= 15 is 0 Å². The van der Waals surface area contributed by atoms with Crippen molar-refractivity contribution in [3.63, 3.8) is 0 Å². The van der Waals surface area contributed by atoms with Crippen LogP contribution in [-0.2, 0) is 16.0 Å². The molecular weight excluding hydrogens is 524 g/mol. The third kappa shape index (κ3) is 9.38. The highest BCUT2D eigenvalue weighted by molar-refractivity contribution is 7.09. The van der Waals surface area contributed by atoms with Crippen LogP contribution in [0.15, 0.2) is 71.1 Å². The molecule has 7 nitrogen and oxygen atoms in total. The second-order valence-electron chi connectivity index (χ2n) is 9.35. The zero-order chi connectivity index (χ0) is 28.9. The van der Waals surface area contributed by atoms with E-state index in [9.17, 15) is 9.59 Å². The maximum atomic E-state index is 13.2. The van der Waals surface area contributed by atoms with Crippen LogP contribution in [0, 0.1) is 0 Å². The molecule has 1 heterocycles. The van der Waals surface area contributed by atoms with Gasteiger partial charge in [0.15, 0.2) is 0 Å². The molecule has 0 saturated carbocycles. The molecule has 0 fully saturated rings. The first-order valence-corrected chi connectivity index (χ1v) is 14.4. The highest BCUT2D eigenvalue weighted by Gasteiger charge is 2.20. The number of allylic oxidation sites excluding steroid dienone is 2. The van der Waals surface area contributed by atoms with E-state index in [2.05, 4.69) is 12.2 Å². The number of aromatic nitrogens is 1. The van der Waals surface area contributed by atoms with Crippen molar-refractivity contribution >= 4 is 29.3 Å². The summed E-state index contributed by atoms with van der Waals surface area (Å²) in [6.45, 7) is 8.58. The molecule has 2 aromatic carbocycles. The lowest BCUT2D eigenvalue weighted by Crippen LogP contribution is -2.30. The van der Waals surface area contributed by atoms with Crippen LogP contribution < -0.4 is 14.8 Å². The van der Waals surface area contributed by atoms with Crippen molar-refractivity contribution in [2.75, 3.05) is 20.3 Å². The minimum absolute atomic E-state index is 0.191. The van der Waals surface area contributed by atoms with Crippen molar-refractivity contribution in [2.24, 2.45) is 0 Å². The number of hydrogen-bond acceptors (Lipinski definition) is 7. The quantitative estimate of drug-likeness (QED) is 0.0990. The van der Waals surface area contributed by atoms with E-state index in [0.29, 0.717) is 36.5 Å². The minimum Gasteiger partial charge on any atom is -0.497 e. The molecule has 8 heteroatoms. The lowest BCUT2D eigenvalue weighted by molar-refractivity contribution is -0.138. The number of hydrogen-bond donors (Lipinski definition) is 1. The first-order chi connectivity index (χ1) is 19.3. The molecule has 0 aliphatic heterocycles. The monoisotopic (exact) mass is 562 g/mol. The van der Waals surface area contributed by atoms with E-state index in [1.807, 2.05) is 42.6 Å². The molecule has 1 aromatic heterocycles. The van der Waals surface area contributed by atoms with Crippen LogP contribution in [0.4, 0.5) is 0 Å². The molecule has 3 aromatic rings. The lowest BCUT2D eigenvalue weighted by Gasteiger charge is -2.17. The standard InChI is InChI=1S/C32H38N2O5S/c1-6-8-17-39-28-13-9-24(10-14-28)20-29(34-30(35)25-11-15-27(37-5)16-12-25)31-33-26(21-40-31)19-22(3)18-23(4)32(36)38-7-2/h9-16,18-19,21,29H,6-8,17,20H2,1-5H3,(H,34,35)/b22-19+,23-18-/t29-/m0/s1. The molecule has 1 amide bonds. The van der Waals surface area contributed by atoms with Gasteiger partial charge in [0.2, 0.25) is 0 Å². The van der Waals surface area contributed by atoms with Gasteiger partial charge in [-0.1, -0.05) is 25.5 Å². The molecule has 40 heavy (non-hydrogen) atoms. The molecule has 1 N–H and O–H groups in total. The average molecular weight is 563 g/mol. The Hall–Kier alpha value is -3.91. The minimum atomic E-state index is -0.342. The number of carbonyl (C=O) groups is 2. The molecule has 0 spiro atoms. The van der Waals surface area contributed by atoms with E-state index in [0.717, 1.165) is 40.4 Å². The van der Waals surface area contributed by atoms with Crippen LogP contribution in [0.5, 0.6) is 11.5 Å². The molecule has 0 unspecified atom stereocenters. The van der Waals surface area contributed by atoms with Crippen molar-refractivity contribution in [1.29, 1.82) is 0 Å². The van der Waals surface area contributed by atoms with Gasteiger partial charge in [0.05, 0.1) is 32.1 Å². The fourth-order valence-electron chi connectivity index (χ4n) is 3.92. The Kier molecular flexibility index (Phi) is 12.0. The maximum Gasteiger partial charge on any atom is 0.333 e. The molecule has 0 aliphatic rings. The molecule has 212 valence electrons. The fourth-order valence-corrected chi connectivity index (χ4v) is 4.75. The zero-order valence-electron chi connectivity index (χ0n) is 23.9. The van der Waals surface area contributed by atoms with Crippen LogP contribution in [0.3, 0.4) is 0 Å². The first-order valence-electron chi connectivity index (χ1n) is 13.5. The summed E-state index contributed by atoms with van der Waals surface area (Å²) >= 11 is 1.48. The van der Waals surface area contributed by atoms with Crippen LogP contribution in [0.1, 0.15) is 73.2 Å². The Balaban J connectivity index is 1.82. The summed E-state index contributed by atoms with van der Waals surface area (Å²) in [6, 6.07) is 14.6. The number of thiazole rings is 1. The van der Waals surface area contributed by atoms with Gasteiger partial charge in [0.25, 0.3) is 5.91 Å². The Morgan fingerprint density at radius 1 is 1.02 bits per heavy atom. The second kappa shape index (κ2) is 15.6. The summed E-state index contributed by atoms with van der Waals surface area (Å²) in [5.74, 6) is 0.994. The number of nitrogens with one attached hydrogen (secondary N) is 1. The number of methoxy groups -OCH3 is 1. The topological polar surface area (TPSA) is 86.8 Å². The highest BCUT2D eigenvalue weighted by atomic mass is 32.1. The normalized spacial score (nSPS) is 12.5. The number of ether oxygens (including phenoxy) is 3. The van der Waals surface area contributed by atoms with Gasteiger partial charge in [-0.15, -0.1) is 11.3 Å². The lowest BCUT2D eigenvalue weighted by atomic mass is 10.1. The van der Waals surface area contributed by atoms with Crippen LogP contribution in [0.2, 0.25) is 0 Å². The Labute approximate surface area is 240 Å². The number of unbranched alkanes of at least 4 members (excludes halogenated alkanes) is 1. The Morgan fingerprint density at radius 2 is 1.73 bits per heavy atom. The summed E-state index contributed by atoms with van der Waals surface area (Å²) in [7, 11) is 1.59. The molecule has 0 radical (unpaired) electrons. The van der Waals surface area contributed by atoms with E-state index in [1.165, 1.54) is 11.3 Å². The van der Waals surface area contributed by atoms with E-state index < -0.39 is 0 Å². The van der Waals surface area contributed by atoms with Gasteiger partial charge in [-0.25, -0.2) is 9.78 Å². The average Bonchev–Trinajstić information content (AvgIpc) is 3.42. The van der Waals surface area contributed by atoms with Crippen molar-refractivity contribution in [3.8, 4) is 11.5 Å². The molecule has 1 atom stereocenters. The maximum absolute atomic E-state index is 13.2. The number of rotatable bonds is 14.